The fourth-order valence-corrected chi connectivity index (χ4v) is 4.15. The topological polar surface area (TPSA) is 32.6 Å². The van der Waals surface area contributed by atoms with E-state index in [1.807, 2.05) is 6.07 Å². The summed E-state index contributed by atoms with van der Waals surface area (Å²) in [6, 6.07) is 4.02. The van der Waals surface area contributed by atoms with E-state index in [0.29, 0.717) is 0 Å². The van der Waals surface area contributed by atoms with E-state index in [1.54, 1.807) is 22.7 Å². The number of thiazole rings is 1. The fourth-order valence-electron chi connectivity index (χ4n) is 2.28. The van der Waals surface area contributed by atoms with Crippen molar-refractivity contribution < 1.29 is 0 Å². The zero-order valence-electron chi connectivity index (χ0n) is 12.0. The Morgan fingerprint density at radius 2 is 2.29 bits per heavy atom. The highest BCUT2D eigenvalue weighted by molar-refractivity contribution is 7.16. The highest BCUT2D eigenvalue weighted by Gasteiger charge is 2.16. The number of thiophene rings is 1. The van der Waals surface area contributed by atoms with Crippen molar-refractivity contribution in [2.45, 2.75) is 20.0 Å². The Hall–Kier alpha value is -1.08. The van der Waals surface area contributed by atoms with E-state index >= 15 is 0 Å². The number of hydrogen-bond acceptors (Lipinski definition) is 5. The molecule has 3 heterocycles. The normalized spacial score (nSPS) is 11.4. The second-order valence-corrected chi connectivity index (χ2v) is 7.45. The Morgan fingerprint density at radius 3 is 3.00 bits per heavy atom. The SMILES string of the molecule is CCNCc1c(N(C)Cc2ccc(Cl)s2)nc2sccn12. The van der Waals surface area contributed by atoms with Crippen molar-refractivity contribution in [1.82, 2.24) is 14.7 Å². The molecule has 21 heavy (non-hydrogen) atoms. The molecule has 3 aromatic heterocycles. The van der Waals surface area contributed by atoms with Crippen LogP contribution in [0.3, 0.4) is 0 Å². The first-order valence-electron chi connectivity index (χ1n) is 6.79. The molecule has 0 saturated heterocycles. The van der Waals surface area contributed by atoms with Gasteiger partial charge in [-0.15, -0.1) is 22.7 Å². The van der Waals surface area contributed by atoms with Crippen LogP contribution in [0.4, 0.5) is 5.82 Å². The Kier molecular flexibility index (Phi) is 4.49. The first-order chi connectivity index (χ1) is 10.2. The lowest BCUT2D eigenvalue weighted by atomic mass is 10.3. The van der Waals surface area contributed by atoms with Gasteiger partial charge in [0, 0.05) is 30.0 Å². The Bertz CT molecular complexity index is 730. The number of hydrogen-bond donors (Lipinski definition) is 1. The van der Waals surface area contributed by atoms with Gasteiger partial charge in [0.25, 0.3) is 0 Å². The van der Waals surface area contributed by atoms with E-state index in [-0.39, 0.29) is 0 Å². The zero-order chi connectivity index (χ0) is 14.8. The largest absolute Gasteiger partial charge is 0.353 e. The van der Waals surface area contributed by atoms with Gasteiger partial charge in [0.15, 0.2) is 10.8 Å². The van der Waals surface area contributed by atoms with Crippen molar-refractivity contribution >= 4 is 45.1 Å². The van der Waals surface area contributed by atoms with Gasteiger partial charge in [-0.05, 0) is 18.7 Å². The summed E-state index contributed by atoms with van der Waals surface area (Å²) < 4.78 is 3.00. The van der Waals surface area contributed by atoms with Crippen LogP contribution in [0.15, 0.2) is 23.7 Å². The molecule has 0 saturated carbocycles. The third-order valence-electron chi connectivity index (χ3n) is 3.27. The van der Waals surface area contributed by atoms with Gasteiger partial charge in [-0.1, -0.05) is 18.5 Å². The molecule has 3 rings (SSSR count). The maximum atomic E-state index is 6.01. The van der Waals surface area contributed by atoms with Gasteiger partial charge in [0.2, 0.25) is 0 Å². The highest BCUT2D eigenvalue weighted by Crippen LogP contribution is 2.27. The molecule has 0 unspecified atom stereocenters. The number of nitrogens with zero attached hydrogens (tertiary/aromatic N) is 3. The number of rotatable bonds is 6. The average Bonchev–Trinajstić information content (AvgIpc) is 3.12. The summed E-state index contributed by atoms with van der Waals surface area (Å²) in [6.45, 7) is 4.70. The molecule has 112 valence electrons. The van der Waals surface area contributed by atoms with Gasteiger partial charge in [0.05, 0.1) is 16.6 Å². The number of fused-ring (bicyclic) bond motifs is 1. The maximum absolute atomic E-state index is 6.01. The molecule has 0 atom stereocenters. The first-order valence-corrected chi connectivity index (χ1v) is 8.87. The van der Waals surface area contributed by atoms with Crippen LogP contribution in [0, 0.1) is 0 Å². The van der Waals surface area contributed by atoms with E-state index in [0.717, 1.165) is 34.7 Å². The van der Waals surface area contributed by atoms with Gasteiger partial charge in [-0.25, -0.2) is 4.98 Å². The molecule has 0 aromatic carbocycles. The molecule has 0 aliphatic carbocycles. The predicted octanol–water partition coefficient (Wildman–Crippen LogP) is 3.86. The van der Waals surface area contributed by atoms with E-state index < -0.39 is 0 Å². The Morgan fingerprint density at radius 1 is 1.43 bits per heavy atom. The van der Waals surface area contributed by atoms with Crippen molar-refractivity contribution in [3.63, 3.8) is 0 Å². The summed E-state index contributed by atoms with van der Waals surface area (Å²) in [5, 5.41) is 5.46. The summed E-state index contributed by atoms with van der Waals surface area (Å²) in [5.74, 6) is 1.03. The van der Waals surface area contributed by atoms with Crippen molar-refractivity contribution in [3.8, 4) is 0 Å². The molecule has 0 amide bonds. The number of nitrogens with one attached hydrogen (secondary N) is 1. The van der Waals surface area contributed by atoms with E-state index in [1.165, 1.54) is 10.6 Å². The lowest BCUT2D eigenvalue weighted by Gasteiger charge is -2.17. The van der Waals surface area contributed by atoms with E-state index in [2.05, 4.69) is 46.2 Å². The van der Waals surface area contributed by atoms with Gasteiger partial charge in [0.1, 0.15) is 0 Å². The molecule has 4 nitrogen and oxygen atoms in total. The number of aromatic nitrogens is 2. The summed E-state index contributed by atoms with van der Waals surface area (Å²) in [5.41, 5.74) is 1.21. The molecule has 0 aliphatic heterocycles. The van der Waals surface area contributed by atoms with Crippen LogP contribution in [-0.2, 0) is 13.1 Å². The van der Waals surface area contributed by atoms with Gasteiger partial charge in [-0.3, -0.25) is 4.40 Å². The quantitative estimate of drug-likeness (QED) is 0.739. The van der Waals surface area contributed by atoms with Crippen LogP contribution in [0.25, 0.3) is 4.96 Å². The summed E-state index contributed by atoms with van der Waals surface area (Å²) in [6.07, 6.45) is 2.08. The smallest absolute Gasteiger partial charge is 0.195 e. The van der Waals surface area contributed by atoms with Crippen molar-refractivity contribution in [2.24, 2.45) is 0 Å². The minimum atomic E-state index is 0.819. The second kappa shape index (κ2) is 6.36. The minimum absolute atomic E-state index is 0.819. The minimum Gasteiger partial charge on any atom is -0.353 e. The van der Waals surface area contributed by atoms with Crippen molar-refractivity contribution in [3.05, 3.63) is 38.6 Å². The first kappa shape index (κ1) is 14.8. The molecule has 0 radical (unpaired) electrons. The molecule has 0 aliphatic rings. The van der Waals surface area contributed by atoms with Crippen LogP contribution in [0.1, 0.15) is 17.5 Å². The maximum Gasteiger partial charge on any atom is 0.195 e. The molecule has 3 aromatic rings. The van der Waals surface area contributed by atoms with Crippen LogP contribution in [0.5, 0.6) is 0 Å². The van der Waals surface area contributed by atoms with Crippen molar-refractivity contribution in [1.29, 1.82) is 0 Å². The van der Waals surface area contributed by atoms with Gasteiger partial charge >= 0.3 is 0 Å². The molecule has 0 spiro atoms. The monoisotopic (exact) mass is 340 g/mol. The Balaban J connectivity index is 1.88. The number of imidazole rings is 1. The van der Waals surface area contributed by atoms with E-state index in [4.69, 9.17) is 16.6 Å². The second-order valence-electron chi connectivity index (χ2n) is 4.78. The Labute approximate surface area is 137 Å². The average molecular weight is 341 g/mol. The third kappa shape index (κ3) is 3.08. The van der Waals surface area contributed by atoms with Crippen LogP contribution < -0.4 is 10.2 Å². The molecule has 1 N–H and O–H groups in total. The summed E-state index contributed by atoms with van der Waals surface area (Å²) in [7, 11) is 2.08. The molecule has 0 fully saturated rings. The van der Waals surface area contributed by atoms with Crippen molar-refractivity contribution in [2.75, 3.05) is 18.5 Å². The lowest BCUT2D eigenvalue weighted by molar-refractivity contribution is 0.702. The van der Waals surface area contributed by atoms with Gasteiger partial charge in [-0.2, -0.15) is 0 Å². The van der Waals surface area contributed by atoms with Crippen LogP contribution >= 0.6 is 34.3 Å². The predicted molar refractivity (Wildman–Crippen MR) is 91.9 cm³/mol. The molecule has 7 heteroatoms. The molecule has 0 bridgehead atoms. The number of halogens is 1. The standard InChI is InChI=1S/C14H17ClN4S2/c1-3-16-8-11-13(17-14-19(11)6-7-20-14)18(2)9-10-4-5-12(15)21-10/h4-7,16H,3,8-9H2,1-2H3. The fraction of sp³-hybridized carbons (Fsp3) is 0.357. The van der Waals surface area contributed by atoms with Crippen LogP contribution in [-0.4, -0.2) is 23.0 Å². The highest BCUT2D eigenvalue weighted by atomic mass is 35.5. The lowest BCUT2D eigenvalue weighted by Crippen LogP contribution is -2.21. The number of anilines is 1. The molecular formula is C14H17ClN4S2. The zero-order valence-corrected chi connectivity index (χ0v) is 14.4. The van der Waals surface area contributed by atoms with Crippen LogP contribution in [0.2, 0.25) is 4.34 Å². The third-order valence-corrected chi connectivity index (χ3v) is 5.24. The molecular weight excluding hydrogens is 324 g/mol. The summed E-state index contributed by atoms with van der Waals surface area (Å²) in [4.78, 5) is 9.24. The van der Waals surface area contributed by atoms with Gasteiger partial charge < -0.3 is 10.2 Å². The summed E-state index contributed by atoms with van der Waals surface area (Å²) >= 11 is 9.29. The van der Waals surface area contributed by atoms with E-state index in [9.17, 15) is 0 Å².